The maximum atomic E-state index is 12.2. The van der Waals surface area contributed by atoms with Gasteiger partial charge in [0.05, 0.1) is 0 Å². The van der Waals surface area contributed by atoms with Crippen LogP contribution in [0.4, 0.5) is 11.4 Å². The summed E-state index contributed by atoms with van der Waals surface area (Å²) in [5.41, 5.74) is 2.36. The number of ether oxygens (including phenoxy) is 1. The van der Waals surface area contributed by atoms with Crippen LogP contribution in [-0.2, 0) is 15.0 Å². The highest BCUT2D eigenvalue weighted by atomic mass is 16.5. The molecule has 2 amide bonds. The number of anilines is 2. The molecule has 0 unspecified atom stereocenters. The number of benzene rings is 2. The van der Waals surface area contributed by atoms with E-state index in [4.69, 9.17) is 4.74 Å². The molecule has 2 N–H and O–H groups in total. The van der Waals surface area contributed by atoms with Crippen LogP contribution in [0.2, 0.25) is 0 Å². The summed E-state index contributed by atoms with van der Waals surface area (Å²) in [5.74, 6) is 0.468. The van der Waals surface area contributed by atoms with Gasteiger partial charge in [-0.25, -0.2) is 0 Å². The van der Waals surface area contributed by atoms with E-state index in [-0.39, 0.29) is 23.8 Å². The van der Waals surface area contributed by atoms with Crippen molar-refractivity contribution in [3.8, 4) is 5.75 Å². The van der Waals surface area contributed by atoms with Crippen LogP contribution in [0.3, 0.4) is 0 Å². The van der Waals surface area contributed by atoms with Gasteiger partial charge >= 0.3 is 0 Å². The highest BCUT2D eigenvalue weighted by molar-refractivity contribution is 5.93. The molecule has 27 heavy (non-hydrogen) atoms. The Kier molecular flexibility index (Phi) is 6.99. The number of amides is 2. The average molecular weight is 368 g/mol. The quantitative estimate of drug-likeness (QED) is 0.742. The van der Waals surface area contributed by atoms with Gasteiger partial charge in [0.2, 0.25) is 5.91 Å². The maximum Gasteiger partial charge on any atom is 0.262 e. The van der Waals surface area contributed by atoms with E-state index in [9.17, 15) is 9.59 Å². The molecule has 2 aromatic rings. The van der Waals surface area contributed by atoms with Gasteiger partial charge in [0.15, 0.2) is 6.61 Å². The van der Waals surface area contributed by atoms with E-state index < -0.39 is 0 Å². The molecular formula is C22H28N2O3. The molecule has 144 valence electrons. The minimum Gasteiger partial charge on any atom is -0.483 e. The van der Waals surface area contributed by atoms with Gasteiger partial charge in [-0.1, -0.05) is 45.9 Å². The van der Waals surface area contributed by atoms with Gasteiger partial charge in [-0.05, 0) is 47.7 Å². The fraction of sp³-hybridized carbons (Fsp3) is 0.364. The van der Waals surface area contributed by atoms with Crippen LogP contribution in [0.15, 0.2) is 48.5 Å². The van der Waals surface area contributed by atoms with Crippen molar-refractivity contribution in [2.45, 2.75) is 46.0 Å². The summed E-state index contributed by atoms with van der Waals surface area (Å²) in [7, 11) is 0. The summed E-state index contributed by atoms with van der Waals surface area (Å²) < 4.78 is 5.73. The molecule has 0 saturated heterocycles. The number of rotatable bonds is 7. The van der Waals surface area contributed by atoms with E-state index in [2.05, 4.69) is 31.4 Å². The molecule has 0 heterocycles. The van der Waals surface area contributed by atoms with Crippen molar-refractivity contribution in [1.82, 2.24) is 0 Å². The molecule has 0 aliphatic heterocycles. The number of nitrogens with one attached hydrogen (secondary N) is 2. The minimum absolute atomic E-state index is 0.0137. The fourth-order valence-corrected chi connectivity index (χ4v) is 2.64. The maximum absolute atomic E-state index is 12.2. The Morgan fingerprint density at radius 2 is 1.44 bits per heavy atom. The van der Waals surface area contributed by atoms with Crippen molar-refractivity contribution in [3.63, 3.8) is 0 Å². The molecule has 0 aliphatic carbocycles. The predicted molar refractivity (Wildman–Crippen MR) is 109 cm³/mol. The molecule has 0 saturated carbocycles. The molecule has 2 rings (SSSR count). The van der Waals surface area contributed by atoms with Crippen LogP contribution in [0.5, 0.6) is 5.75 Å². The first kappa shape index (κ1) is 20.5. The van der Waals surface area contributed by atoms with Crippen LogP contribution in [-0.4, -0.2) is 18.4 Å². The third-order valence-corrected chi connectivity index (χ3v) is 3.98. The predicted octanol–water partition coefficient (Wildman–Crippen LogP) is 4.74. The molecule has 0 bridgehead atoms. The second kappa shape index (κ2) is 9.21. The van der Waals surface area contributed by atoms with Crippen LogP contribution < -0.4 is 15.4 Å². The zero-order valence-corrected chi connectivity index (χ0v) is 16.5. The number of carbonyl (C=O) groups excluding carboxylic acids is 2. The van der Waals surface area contributed by atoms with Gasteiger partial charge in [0.1, 0.15) is 5.75 Å². The van der Waals surface area contributed by atoms with Crippen LogP contribution in [0.1, 0.15) is 46.1 Å². The molecule has 0 spiro atoms. The molecule has 0 fully saturated rings. The van der Waals surface area contributed by atoms with Crippen molar-refractivity contribution >= 4 is 23.2 Å². The molecule has 0 atom stereocenters. The SMILES string of the molecule is CCCC(=O)Nc1ccc(NC(=O)COc2ccccc2C(C)(C)C)cc1. The second-order valence-electron chi connectivity index (χ2n) is 7.46. The molecular weight excluding hydrogens is 340 g/mol. The third kappa shape index (κ3) is 6.44. The zero-order valence-electron chi connectivity index (χ0n) is 16.5. The van der Waals surface area contributed by atoms with Crippen LogP contribution >= 0.6 is 0 Å². The third-order valence-electron chi connectivity index (χ3n) is 3.98. The first-order valence-electron chi connectivity index (χ1n) is 9.21. The largest absolute Gasteiger partial charge is 0.483 e. The van der Waals surface area contributed by atoms with E-state index in [1.807, 2.05) is 31.2 Å². The molecule has 0 aromatic heterocycles. The summed E-state index contributed by atoms with van der Waals surface area (Å²) in [6.45, 7) is 8.21. The van der Waals surface area contributed by atoms with E-state index in [0.29, 0.717) is 23.5 Å². The number of para-hydroxylation sites is 1. The van der Waals surface area contributed by atoms with Gasteiger partial charge < -0.3 is 15.4 Å². The van der Waals surface area contributed by atoms with Crippen molar-refractivity contribution in [1.29, 1.82) is 0 Å². The average Bonchev–Trinajstić information content (AvgIpc) is 2.61. The Morgan fingerprint density at radius 3 is 2.00 bits per heavy atom. The number of carbonyl (C=O) groups is 2. The van der Waals surface area contributed by atoms with Gasteiger partial charge in [0.25, 0.3) is 5.91 Å². The van der Waals surface area contributed by atoms with Crippen molar-refractivity contribution in [2.24, 2.45) is 0 Å². The lowest BCUT2D eigenvalue weighted by molar-refractivity contribution is -0.118. The summed E-state index contributed by atoms with van der Waals surface area (Å²) in [6.07, 6.45) is 1.30. The Balaban J connectivity index is 1.90. The molecule has 0 aliphatic rings. The molecule has 0 radical (unpaired) electrons. The normalized spacial score (nSPS) is 11.0. The fourth-order valence-electron chi connectivity index (χ4n) is 2.64. The first-order chi connectivity index (χ1) is 12.8. The summed E-state index contributed by atoms with van der Waals surface area (Å²) >= 11 is 0. The van der Waals surface area contributed by atoms with E-state index in [0.717, 1.165) is 12.0 Å². The van der Waals surface area contributed by atoms with Gasteiger partial charge in [0, 0.05) is 17.8 Å². The lowest BCUT2D eigenvalue weighted by Gasteiger charge is -2.22. The van der Waals surface area contributed by atoms with Crippen molar-refractivity contribution in [2.75, 3.05) is 17.2 Å². The Labute approximate surface area is 161 Å². The van der Waals surface area contributed by atoms with Crippen LogP contribution in [0, 0.1) is 0 Å². The zero-order chi connectivity index (χ0) is 19.9. The van der Waals surface area contributed by atoms with Gasteiger partial charge in [-0.2, -0.15) is 0 Å². The van der Waals surface area contributed by atoms with Gasteiger partial charge in [-0.3, -0.25) is 9.59 Å². The molecule has 5 heteroatoms. The number of hydrogen-bond donors (Lipinski definition) is 2. The van der Waals surface area contributed by atoms with E-state index >= 15 is 0 Å². The Bertz CT molecular complexity index is 777. The van der Waals surface area contributed by atoms with Crippen LogP contribution in [0.25, 0.3) is 0 Å². The topological polar surface area (TPSA) is 67.4 Å². The first-order valence-corrected chi connectivity index (χ1v) is 9.21. The van der Waals surface area contributed by atoms with Crippen molar-refractivity contribution < 1.29 is 14.3 Å². The van der Waals surface area contributed by atoms with E-state index in [1.54, 1.807) is 24.3 Å². The monoisotopic (exact) mass is 368 g/mol. The highest BCUT2D eigenvalue weighted by Gasteiger charge is 2.18. The van der Waals surface area contributed by atoms with E-state index in [1.165, 1.54) is 0 Å². The lowest BCUT2D eigenvalue weighted by Crippen LogP contribution is -2.22. The standard InChI is InChI=1S/C22H28N2O3/c1-5-8-20(25)23-16-11-13-17(14-12-16)24-21(26)15-27-19-10-7-6-9-18(19)22(2,3)4/h6-7,9-14H,5,8,15H2,1-4H3,(H,23,25)(H,24,26). The summed E-state index contributed by atoms with van der Waals surface area (Å²) in [6, 6.07) is 14.8. The summed E-state index contributed by atoms with van der Waals surface area (Å²) in [4.78, 5) is 23.8. The highest BCUT2D eigenvalue weighted by Crippen LogP contribution is 2.30. The molecule has 5 nitrogen and oxygen atoms in total. The van der Waals surface area contributed by atoms with Crippen molar-refractivity contribution in [3.05, 3.63) is 54.1 Å². The molecule has 2 aromatic carbocycles. The second-order valence-corrected chi connectivity index (χ2v) is 7.46. The Morgan fingerprint density at radius 1 is 0.889 bits per heavy atom. The van der Waals surface area contributed by atoms with Gasteiger partial charge in [-0.15, -0.1) is 0 Å². The summed E-state index contributed by atoms with van der Waals surface area (Å²) in [5, 5.41) is 5.61. The lowest BCUT2D eigenvalue weighted by atomic mass is 9.86. The minimum atomic E-state index is -0.235. The smallest absolute Gasteiger partial charge is 0.262 e. The number of hydrogen-bond acceptors (Lipinski definition) is 3. The Hall–Kier alpha value is -2.82.